The molecule has 128 valence electrons. The third-order valence-electron chi connectivity index (χ3n) is 3.76. The normalized spacial score (nSPS) is 13.0. The Hall–Kier alpha value is -3.25. The molecule has 0 radical (unpaired) electrons. The Morgan fingerprint density at radius 2 is 2.12 bits per heavy atom. The van der Waals surface area contributed by atoms with Crippen LogP contribution in [0, 0.1) is 0 Å². The topological polar surface area (TPSA) is 72.7 Å². The van der Waals surface area contributed by atoms with E-state index in [4.69, 9.17) is 17.1 Å². The number of hydrogen-bond donors (Lipinski definition) is 1. The lowest BCUT2D eigenvalue weighted by atomic mass is 10.2. The number of nitrogens with one attached hydrogen (secondary N) is 1. The van der Waals surface area contributed by atoms with E-state index in [1.54, 1.807) is 24.8 Å². The Bertz CT molecular complexity index is 1300. The number of anilines is 1. The van der Waals surface area contributed by atoms with Crippen LogP contribution in [0.15, 0.2) is 61.1 Å². The molecule has 0 spiro atoms. The number of amides is 1. The molecule has 0 atom stereocenters. The van der Waals surface area contributed by atoms with Crippen molar-refractivity contribution in [3.63, 3.8) is 0 Å². The van der Waals surface area contributed by atoms with Gasteiger partial charge >= 0.3 is 0 Å². The quantitative estimate of drug-likeness (QED) is 0.595. The molecule has 3 heterocycles. The second kappa shape index (κ2) is 6.57. The molecular formula is C19H14ClN5O. The van der Waals surface area contributed by atoms with E-state index in [2.05, 4.69) is 20.3 Å². The Morgan fingerprint density at radius 1 is 1.27 bits per heavy atom. The predicted molar refractivity (Wildman–Crippen MR) is 101 cm³/mol. The van der Waals surface area contributed by atoms with Gasteiger partial charge in [0.15, 0.2) is 0 Å². The van der Waals surface area contributed by atoms with E-state index in [0.717, 1.165) is 11.1 Å². The van der Waals surface area contributed by atoms with Gasteiger partial charge in [-0.25, -0.2) is 15.0 Å². The first-order chi connectivity index (χ1) is 14.3. The van der Waals surface area contributed by atoms with Crippen molar-refractivity contribution in [2.45, 2.75) is 0 Å². The van der Waals surface area contributed by atoms with Gasteiger partial charge in [-0.1, -0.05) is 23.7 Å². The standard InChI is InChI=1S/C19H14ClN5O/c1-25-11-21-10-17(25)15-7-6-12-9-22-18(8-16(12)23-15)24-19(26)13-4-2-3-5-14(13)20/h2-11H,1H3,(H,22,24,26)/i2D,3D,4D,5D. The molecule has 7 heteroatoms. The van der Waals surface area contributed by atoms with Crippen molar-refractivity contribution in [1.29, 1.82) is 0 Å². The zero-order valence-corrected chi connectivity index (χ0v) is 14.3. The smallest absolute Gasteiger partial charge is 0.258 e. The molecule has 4 rings (SSSR count). The van der Waals surface area contributed by atoms with Crippen molar-refractivity contribution in [2.75, 3.05) is 5.32 Å². The van der Waals surface area contributed by atoms with Gasteiger partial charge in [-0.15, -0.1) is 0 Å². The van der Waals surface area contributed by atoms with Gasteiger partial charge in [0.2, 0.25) is 0 Å². The minimum absolute atomic E-state index is 0.172. The highest BCUT2D eigenvalue weighted by Gasteiger charge is 2.11. The van der Waals surface area contributed by atoms with Crippen molar-refractivity contribution < 1.29 is 10.3 Å². The maximum Gasteiger partial charge on any atom is 0.258 e. The molecule has 0 aliphatic rings. The molecule has 1 N–H and O–H groups in total. The first-order valence-corrected chi connectivity index (χ1v) is 7.96. The van der Waals surface area contributed by atoms with Crippen LogP contribution in [0.5, 0.6) is 0 Å². The number of halogens is 1. The highest BCUT2D eigenvalue weighted by Crippen LogP contribution is 2.22. The molecule has 6 nitrogen and oxygen atoms in total. The average Bonchev–Trinajstić information content (AvgIpc) is 3.16. The molecule has 3 aromatic heterocycles. The van der Waals surface area contributed by atoms with Crippen LogP contribution in [0.2, 0.25) is 5.02 Å². The van der Waals surface area contributed by atoms with Crippen molar-refractivity contribution in [1.82, 2.24) is 19.5 Å². The van der Waals surface area contributed by atoms with Gasteiger partial charge in [-0.3, -0.25) is 4.79 Å². The molecule has 0 aliphatic heterocycles. The van der Waals surface area contributed by atoms with E-state index in [1.807, 2.05) is 23.7 Å². The fourth-order valence-corrected chi connectivity index (χ4v) is 2.64. The second-order valence-electron chi connectivity index (χ2n) is 5.49. The summed E-state index contributed by atoms with van der Waals surface area (Å²) in [5.41, 5.74) is 1.76. The lowest BCUT2D eigenvalue weighted by Crippen LogP contribution is -2.13. The van der Waals surface area contributed by atoms with Gasteiger partial charge in [0.05, 0.1) is 45.5 Å². The van der Waals surface area contributed by atoms with Gasteiger partial charge in [0.1, 0.15) is 5.82 Å². The van der Waals surface area contributed by atoms with Crippen molar-refractivity contribution in [3.05, 3.63) is 71.7 Å². The highest BCUT2D eigenvalue weighted by molar-refractivity contribution is 6.34. The number of fused-ring (bicyclic) bond motifs is 1. The third kappa shape index (κ3) is 3.02. The summed E-state index contributed by atoms with van der Waals surface area (Å²) in [6.07, 6.45) is 4.92. The molecule has 0 unspecified atom stereocenters. The maximum absolute atomic E-state index is 12.7. The molecule has 0 fully saturated rings. The summed E-state index contributed by atoms with van der Waals surface area (Å²) in [5.74, 6) is -0.618. The fraction of sp³-hybridized carbons (Fsp3) is 0.0526. The summed E-state index contributed by atoms with van der Waals surface area (Å²) in [7, 11) is 1.86. The molecule has 4 aromatic rings. The summed E-state index contributed by atoms with van der Waals surface area (Å²) < 4.78 is 32.9. The van der Waals surface area contributed by atoms with Crippen molar-refractivity contribution >= 4 is 34.2 Å². The number of carbonyl (C=O) groups is 1. The monoisotopic (exact) mass is 367 g/mol. The van der Waals surface area contributed by atoms with Gasteiger partial charge in [0, 0.05) is 24.7 Å². The maximum atomic E-state index is 12.7. The van der Waals surface area contributed by atoms with Gasteiger partial charge in [-0.2, -0.15) is 0 Å². The number of carbonyl (C=O) groups excluding carboxylic acids is 1. The molecule has 0 bridgehead atoms. The third-order valence-corrected chi connectivity index (χ3v) is 4.05. The number of pyridine rings is 2. The lowest BCUT2D eigenvalue weighted by molar-refractivity contribution is 0.102. The Morgan fingerprint density at radius 3 is 2.92 bits per heavy atom. The lowest BCUT2D eigenvalue weighted by Gasteiger charge is -2.08. The summed E-state index contributed by atoms with van der Waals surface area (Å²) in [5, 5.41) is 2.94. The van der Waals surface area contributed by atoms with Crippen LogP contribution >= 0.6 is 11.6 Å². The van der Waals surface area contributed by atoms with E-state index in [-0.39, 0.29) is 16.4 Å². The molecule has 1 amide bonds. The van der Waals surface area contributed by atoms with Crippen LogP contribution in [0.3, 0.4) is 0 Å². The summed E-state index contributed by atoms with van der Waals surface area (Å²) in [4.78, 5) is 25.5. The molecule has 0 saturated heterocycles. The minimum Gasteiger partial charge on any atom is -0.332 e. The first-order valence-electron chi connectivity index (χ1n) is 9.58. The Balaban J connectivity index is 1.71. The van der Waals surface area contributed by atoms with E-state index in [9.17, 15) is 4.79 Å². The van der Waals surface area contributed by atoms with Crippen LogP contribution in [-0.4, -0.2) is 25.4 Å². The number of hydrogen-bond acceptors (Lipinski definition) is 4. The number of rotatable bonds is 3. The van der Waals surface area contributed by atoms with E-state index < -0.39 is 30.1 Å². The van der Waals surface area contributed by atoms with Crippen molar-refractivity contribution in [3.8, 4) is 11.4 Å². The SMILES string of the molecule is [2H]c1c([2H])c([2H])c(C(=O)Nc2cc3nc(-c4cncn4C)ccc3cn2)c(Cl)c1[2H]. The number of aryl methyl sites for hydroxylation is 1. The van der Waals surface area contributed by atoms with Gasteiger partial charge < -0.3 is 9.88 Å². The largest absolute Gasteiger partial charge is 0.332 e. The molecular weight excluding hydrogens is 350 g/mol. The van der Waals surface area contributed by atoms with E-state index in [1.165, 1.54) is 0 Å². The van der Waals surface area contributed by atoms with Crippen LogP contribution in [0.1, 0.15) is 15.8 Å². The molecule has 0 aliphatic carbocycles. The minimum atomic E-state index is -0.790. The van der Waals surface area contributed by atoms with Gasteiger partial charge in [0.25, 0.3) is 5.91 Å². The molecule has 0 saturated carbocycles. The fourth-order valence-electron chi connectivity index (χ4n) is 2.46. The van der Waals surface area contributed by atoms with Crippen LogP contribution < -0.4 is 5.32 Å². The van der Waals surface area contributed by atoms with Crippen molar-refractivity contribution in [2.24, 2.45) is 7.05 Å². The molecule has 1 aromatic carbocycles. The van der Waals surface area contributed by atoms with Crippen LogP contribution in [0.4, 0.5) is 5.82 Å². The predicted octanol–water partition coefficient (Wildman–Crippen LogP) is 3.94. The first kappa shape index (κ1) is 12.2. The number of benzene rings is 1. The highest BCUT2D eigenvalue weighted by atomic mass is 35.5. The summed E-state index contributed by atoms with van der Waals surface area (Å²) >= 11 is 6.01. The summed E-state index contributed by atoms with van der Waals surface area (Å²) in [6.45, 7) is 0. The Kier molecular flexibility index (Phi) is 3.07. The zero-order valence-electron chi connectivity index (χ0n) is 17.5. The number of imidazole rings is 1. The molecule has 26 heavy (non-hydrogen) atoms. The number of aromatic nitrogens is 4. The summed E-state index contributed by atoms with van der Waals surface area (Å²) in [6, 6.07) is 3.24. The van der Waals surface area contributed by atoms with E-state index >= 15 is 0 Å². The number of nitrogens with zero attached hydrogens (tertiary/aromatic N) is 4. The van der Waals surface area contributed by atoms with Gasteiger partial charge in [-0.05, 0) is 24.2 Å². The van der Waals surface area contributed by atoms with E-state index in [0.29, 0.717) is 11.2 Å². The Labute approximate surface area is 160 Å². The van der Waals surface area contributed by atoms with Crippen LogP contribution in [0.25, 0.3) is 22.3 Å². The average molecular weight is 368 g/mol. The zero-order chi connectivity index (χ0) is 21.6. The van der Waals surface area contributed by atoms with Crippen LogP contribution in [-0.2, 0) is 7.05 Å². The second-order valence-corrected chi connectivity index (χ2v) is 5.87.